The summed E-state index contributed by atoms with van der Waals surface area (Å²) < 4.78 is 4.85. The van der Waals surface area contributed by atoms with Gasteiger partial charge in [0.05, 0.1) is 11.5 Å². The Morgan fingerprint density at radius 3 is 2.21 bits per heavy atom. The molecule has 0 amide bonds. The Bertz CT molecular complexity index is 2000. The van der Waals surface area contributed by atoms with Crippen LogP contribution in [0.4, 0.5) is 0 Å². The zero-order valence-electron chi connectivity index (χ0n) is 22.3. The number of carbonyl (C=O) groups excluding carboxylic acids is 1. The van der Waals surface area contributed by atoms with Gasteiger partial charge in [-0.15, -0.1) is 0 Å². The summed E-state index contributed by atoms with van der Waals surface area (Å²) >= 11 is 8.62. The number of hydrogen-bond donors (Lipinski definition) is 3. The maximum atomic E-state index is 14.6. The van der Waals surface area contributed by atoms with Crippen molar-refractivity contribution >= 4 is 45.0 Å². The first-order chi connectivity index (χ1) is 20.4. The minimum Gasteiger partial charge on any atom is -0.494 e. The summed E-state index contributed by atoms with van der Waals surface area (Å²) in [5, 5.41) is 11.1. The third kappa shape index (κ3) is 5.36. The first kappa shape index (κ1) is 27.6. The third-order valence-corrected chi connectivity index (χ3v) is 8.10. The second-order valence-corrected chi connectivity index (χ2v) is 11.3. The molecule has 0 bridgehead atoms. The van der Waals surface area contributed by atoms with Crippen molar-refractivity contribution < 1.29 is 14.5 Å². The predicted molar refractivity (Wildman–Crippen MR) is 167 cm³/mol. The first-order valence-corrected chi connectivity index (χ1v) is 14.5. The first-order valence-electron chi connectivity index (χ1n) is 13.3. The molecular formula is C33H26BrN4O3S+. The van der Waals surface area contributed by atoms with Gasteiger partial charge >= 0.3 is 0 Å². The van der Waals surface area contributed by atoms with Crippen LogP contribution in [0.3, 0.4) is 0 Å². The van der Waals surface area contributed by atoms with Crippen LogP contribution >= 0.6 is 28.1 Å². The molecule has 0 aliphatic rings. The zero-order valence-corrected chi connectivity index (χ0v) is 24.7. The topological polar surface area (TPSA) is 94.8 Å². The summed E-state index contributed by atoms with van der Waals surface area (Å²) in [6, 6.07) is 33.4. The van der Waals surface area contributed by atoms with Crippen LogP contribution in [0.1, 0.15) is 39.0 Å². The van der Waals surface area contributed by atoms with Gasteiger partial charge in [0.1, 0.15) is 6.54 Å². The molecule has 3 N–H and O–H groups in total. The Labute approximate surface area is 254 Å². The maximum Gasteiger partial charge on any atom is 0.259 e. The maximum absolute atomic E-state index is 14.6. The minimum atomic E-state index is -0.952. The Balaban J connectivity index is 1.65. The summed E-state index contributed by atoms with van der Waals surface area (Å²) in [7, 11) is 0. The van der Waals surface area contributed by atoms with Crippen molar-refractivity contribution in [2.24, 2.45) is 0 Å². The van der Waals surface area contributed by atoms with Crippen LogP contribution in [0, 0.1) is 4.77 Å². The molecule has 2 atom stereocenters. The second kappa shape index (κ2) is 11.7. The Kier molecular flexibility index (Phi) is 7.69. The fraction of sp³-hybridized carbons (Fsp3) is 0.0909. The number of aromatic hydroxyl groups is 1. The number of rotatable bonds is 8. The van der Waals surface area contributed by atoms with Gasteiger partial charge in [0.2, 0.25) is 12.1 Å². The van der Waals surface area contributed by atoms with Crippen molar-refractivity contribution in [3.63, 3.8) is 0 Å². The molecule has 0 saturated carbocycles. The lowest BCUT2D eigenvalue weighted by Gasteiger charge is -2.25. The summed E-state index contributed by atoms with van der Waals surface area (Å²) in [6.45, 7) is 0.577. The highest BCUT2D eigenvalue weighted by Crippen LogP contribution is 2.40. The molecule has 0 spiro atoms. The van der Waals surface area contributed by atoms with E-state index in [0.29, 0.717) is 17.7 Å². The SMILES string of the molecule is O=C(c1ccccc1)C(C(c1ccc(Br)cc1)c1c(O)[nH]c(=S)[nH]c1=O)n1c[n+](Cc2ccccc2)c2ccccc21. The van der Waals surface area contributed by atoms with Gasteiger partial charge in [-0.2, -0.15) is 0 Å². The van der Waals surface area contributed by atoms with E-state index >= 15 is 0 Å². The number of carbonyl (C=O) groups is 1. The van der Waals surface area contributed by atoms with Gasteiger partial charge in [-0.3, -0.25) is 14.6 Å². The van der Waals surface area contributed by atoms with E-state index in [1.54, 1.807) is 12.1 Å². The minimum absolute atomic E-state index is 0.00569. The summed E-state index contributed by atoms with van der Waals surface area (Å²) in [5.41, 5.74) is 3.45. The molecule has 2 aromatic heterocycles. The van der Waals surface area contributed by atoms with Gasteiger partial charge < -0.3 is 10.1 Å². The molecule has 42 heavy (non-hydrogen) atoms. The molecule has 2 heterocycles. The smallest absolute Gasteiger partial charge is 0.259 e. The van der Waals surface area contributed by atoms with Gasteiger partial charge in [-0.05, 0) is 47.6 Å². The standard InChI is InChI=1S/C33H25BrN4O3S/c34-24-17-15-22(16-18-24)27(28-31(40)35-33(42)36-32(28)41)29(30(39)23-11-5-2-6-12-23)38-20-37(19-21-9-3-1-4-10-21)25-13-7-8-14-26(25)38/h1-18,20,27,29H,19H2,(H2-,35,36,40,41,42)/p+1. The van der Waals surface area contributed by atoms with Crippen LogP contribution in [0.15, 0.2) is 125 Å². The Hall–Kier alpha value is -4.60. The van der Waals surface area contributed by atoms with Crippen molar-refractivity contribution in [3.05, 3.63) is 157 Å². The van der Waals surface area contributed by atoms with Crippen molar-refractivity contribution in [3.8, 4) is 5.88 Å². The Morgan fingerprint density at radius 2 is 1.52 bits per heavy atom. The highest BCUT2D eigenvalue weighted by molar-refractivity contribution is 9.10. The molecule has 0 fully saturated rings. The van der Waals surface area contributed by atoms with E-state index in [2.05, 4.69) is 42.6 Å². The highest BCUT2D eigenvalue weighted by Gasteiger charge is 2.41. The third-order valence-electron chi connectivity index (χ3n) is 7.37. The fourth-order valence-corrected chi connectivity index (χ4v) is 5.94. The average molecular weight is 639 g/mol. The fourth-order valence-electron chi connectivity index (χ4n) is 5.49. The molecule has 0 saturated heterocycles. The number of imidazole rings is 1. The molecule has 4 aromatic carbocycles. The monoisotopic (exact) mass is 637 g/mol. The molecule has 0 aliphatic heterocycles. The number of H-pyrrole nitrogens is 2. The van der Waals surface area contributed by atoms with E-state index in [1.807, 2.05) is 95.8 Å². The van der Waals surface area contributed by atoms with Crippen molar-refractivity contribution in [2.45, 2.75) is 18.5 Å². The van der Waals surface area contributed by atoms with Gasteiger partial charge in [-0.25, -0.2) is 9.13 Å². The number of aromatic nitrogens is 4. The normalized spacial score (nSPS) is 12.7. The van der Waals surface area contributed by atoms with E-state index in [1.165, 1.54) is 0 Å². The molecule has 0 radical (unpaired) electrons. The van der Waals surface area contributed by atoms with Gasteiger partial charge in [0.25, 0.3) is 5.56 Å². The van der Waals surface area contributed by atoms with Gasteiger partial charge in [0, 0.05) is 10.0 Å². The lowest BCUT2D eigenvalue weighted by molar-refractivity contribution is -0.663. The predicted octanol–water partition coefficient (Wildman–Crippen LogP) is 6.45. The number of hydrogen-bond acceptors (Lipinski definition) is 4. The van der Waals surface area contributed by atoms with E-state index < -0.39 is 17.5 Å². The van der Waals surface area contributed by atoms with E-state index in [-0.39, 0.29) is 22.0 Å². The number of halogens is 1. The van der Waals surface area contributed by atoms with Crippen LogP contribution in [-0.2, 0) is 6.54 Å². The van der Waals surface area contributed by atoms with Crippen molar-refractivity contribution in [1.29, 1.82) is 0 Å². The molecule has 0 aliphatic carbocycles. The molecule has 7 nitrogen and oxygen atoms in total. The Morgan fingerprint density at radius 1 is 0.881 bits per heavy atom. The summed E-state index contributed by atoms with van der Waals surface area (Å²) in [5.74, 6) is -1.48. The van der Waals surface area contributed by atoms with Crippen LogP contribution < -0.4 is 10.1 Å². The lowest BCUT2D eigenvalue weighted by atomic mass is 9.82. The number of nitrogens with one attached hydrogen (secondary N) is 2. The quantitative estimate of drug-likeness (QED) is 0.102. The number of aromatic amines is 2. The van der Waals surface area contributed by atoms with Gasteiger partial charge in [0.15, 0.2) is 27.7 Å². The van der Waals surface area contributed by atoms with Crippen LogP contribution in [0.25, 0.3) is 11.0 Å². The molecule has 9 heteroatoms. The van der Waals surface area contributed by atoms with E-state index in [9.17, 15) is 14.7 Å². The van der Waals surface area contributed by atoms with E-state index in [0.717, 1.165) is 21.1 Å². The highest BCUT2D eigenvalue weighted by atomic mass is 79.9. The van der Waals surface area contributed by atoms with Gasteiger partial charge in [-0.1, -0.05) is 101 Å². The number of para-hydroxylation sites is 2. The molecule has 2 unspecified atom stereocenters. The summed E-state index contributed by atoms with van der Waals surface area (Å²) in [4.78, 5) is 33.4. The largest absolute Gasteiger partial charge is 0.494 e. The van der Waals surface area contributed by atoms with Crippen LogP contribution in [0.5, 0.6) is 5.88 Å². The average Bonchev–Trinajstić information content (AvgIpc) is 3.35. The molecule has 208 valence electrons. The number of Topliss-reactive ketones (excluding diaryl/α,β-unsaturated/α-hetero) is 1. The van der Waals surface area contributed by atoms with Crippen LogP contribution in [-0.4, -0.2) is 25.4 Å². The lowest BCUT2D eigenvalue weighted by Crippen LogP contribution is -2.35. The second-order valence-electron chi connectivity index (χ2n) is 10.00. The van der Waals surface area contributed by atoms with Crippen molar-refractivity contribution in [2.75, 3.05) is 0 Å². The number of nitrogens with zero attached hydrogens (tertiary/aromatic N) is 2. The molecular weight excluding hydrogens is 612 g/mol. The number of ketones is 1. The van der Waals surface area contributed by atoms with E-state index in [4.69, 9.17) is 12.2 Å². The number of fused-ring (bicyclic) bond motifs is 1. The molecule has 6 aromatic rings. The van der Waals surface area contributed by atoms with Crippen LogP contribution in [0.2, 0.25) is 0 Å². The summed E-state index contributed by atoms with van der Waals surface area (Å²) in [6.07, 6.45) is 1.92. The number of benzene rings is 4. The van der Waals surface area contributed by atoms with Crippen molar-refractivity contribution in [1.82, 2.24) is 14.5 Å². The molecule has 6 rings (SSSR count). The zero-order chi connectivity index (χ0) is 29.2.